The molecular formula is C21H25BrN2O5. The van der Waals surface area contributed by atoms with Crippen molar-refractivity contribution in [3.8, 4) is 23.0 Å². The fourth-order valence-corrected chi connectivity index (χ4v) is 2.87. The van der Waals surface area contributed by atoms with Gasteiger partial charge in [-0.1, -0.05) is 6.92 Å². The van der Waals surface area contributed by atoms with E-state index in [0.717, 1.165) is 6.42 Å². The Hall–Kier alpha value is -2.74. The summed E-state index contributed by atoms with van der Waals surface area (Å²) in [5, 5.41) is 13.9. The van der Waals surface area contributed by atoms with Crippen LogP contribution in [0, 0.1) is 0 Å². The zero-order chi connectivity index (χ0) is 21.2. The summed E-state index contributed by atoms with van der Waals surface area (Å²) in [6.07, 6.45) is 2.34. The number of aromatic hydroxyl groups is 1. The molecule has 0 saturated carbocycles. The van der Waals surface area contributed by atoms with Crippen molar-refractivity contribution in [2.75, 3.05) is 19.8 Å². The number of nitrogens with zero attached hydrogens (tertiary/aromatic N) is 1. The highest BCUT2D eigenvalue weighted by Crippen LogP contribution is 2.35. The molecule has 156 valence electrons. The number of hydrazone groups is 1. The van der Waals surface area contributed by atoms with Crippen molar-refractivity contribution in [3.63, 3.8) is 0 Å². The number of benzene rings is 2. The van der Waals surface area contributed by atoms with Crippen molar-refractivity contribution in [2.24, 2.45) is 5.10 Å². The van der Waals surface area contributed by atoms with Gasteiger partial charge in [0.1, 0.15) is 0 Å². The van der Waals surface area contributed by atoms with E-state index in [0.29, 0.717) is 52.7 Å². The predicted molar refractivity (Wildman–Crippen MR) is 115 cm³/mol. The first-order valence-electron chi connectivity index (χ1n) is 9.38. The summed E-state index contributed by atoms with van der Waals surface area (Å²) in [7, 11) is 0. The van der Waals surface area contributed by atoms with Crippen molar-refractivity contribution < 1.29 is 24.1 Å². The maximum atomic E-state index is 12.4. The van der Waals surface area contributed by atoms with Gasteiger partial charge in [-0.15, -0.1) is 0 Å². The molecule has 0 aliphatic carbocycles. The van der Waals surface area contributed by atoms with Gasteiger partial charge in [-0.2, -0.15) is 5.10 Å². The minimum atomic E-state index is -0.382. The molecule has 0 spiro atoms. The number of hydrogen-bond donors (Lipinski definition) is 2. The predicted octanol–water partition coefficient (Wildman–Crippen LogP) is 4.50. The van der Waals surface area contributed by atoms with E-state index < -0.39 is 0 Å². The summed E-state index contributed by atoms with van der Waals surface area (Å²) in [6.45, 7) is 7.16. The first kappa shape index (κ1) is 22.5. The van der Waals surface area contributed by atoms with Gasteiger partial charge >= 0.3 is 0 Å². The number of amides is 1. The smallest absolute Gasteiger partial charge is 0.271 e. The molecule has 29 heavy (non-hydrogen) atoms. The van der Waals surface area contributed by atoms with Gasteiger partial charge in [-0.3, -0.25) is 4.79 Å². The van der Waals surface area contributed by atoms with Gasteiger partial charge in [-0.25, -0.2) is 5.43 Å². The van der Waals surface area contributed by atoms with Gasteiger partial charge in [0.15, 0.2) is 23.0 Å². The Kier molecular flexibility index (Phi) is 8.79. The number of ether oxygens (including phenoxy) is 3. The number of halogens is 1. The second-order valence-electron chi connectivity index (χ2n) is 5.92. The molecule has 0 saturated heterocycles. The SMILES string of the molecule is CCCOc1ccc(C(=O)N/N=C/c2cc(Br)c(O)c(OCC)c2)cc1OCC. The summed E-state index contributed by atoms with van der Waals surface area (Å²) in [5.74, 6) is 1.08. The lowest BCUT2D eigenvalue weighted by Gasteiger charge is -2.12. The van der Waals surface area contributed by atoms with E-state index in [1.165, 1.54) is 6.21 Å². The van der Waals surface area contributed by atoms with Crippen LogP contribution in [0.25, 0.3) is 0 Å². The molecule has 0 unspecified atom stereocenters. The van der Waals surface area contributed by atoms with Crippen LogP contribution in [0.5, 0.6) is 23.0 Å². The molecule has 2 rings (SSSR count). The average molecular weight is 465 g/mol. The zero-order valence-electron chi connectivity index (χ0n) is 16.7. The van der Waals surface area contributed by atoms with Gasteiger partial charge in [0.25, 0.3) is 5.91 Å². The van der Waals surface area contributed by atoms with Crippen LogP contribution in [-0.2, 0) is 0 Å². The zero-order valence-corrected chi connectivity index (χ0v) is 18.3. The molecule has 2 N–H and O–H groups in total. The van der Waals surface area contributed by atoms with Crippen molar-refractivity contribution in [1.82, 2.24) is 5.43 Å². The number of carbonyl (C=O) groups is 1. The van der Waals surface area contributed by atoms with Gasteiger partial charge < -0.3 is 19.3 Å². The first-order chi connectivity index (χ1) is 14.0. The third kappa shape index (κ3) is 6.39. The Labute approximate surface area is 178 Å². The van der Waals surface area contributed by atoms with Crippen LogP contribution < -0.4 is 19.6 Å². The average Bonchev–Trinajstić information content (AvgIpc) is 2.71. The third-order valence-corrected chi connectivity index (χ3v) is 4.30. The van der Waals surface area contributed by atoms with Gasteiger partial charge in [0.05, 0.1) is 30.5 Å². The van der Waals surface area contributed by atoms with Crippen LogP contribution in [-0.4, -0.2) is 37.0 Å². The number of carbonyl (C=O) groups excluding carboxylic acids is 1. The Morgan fingerprint density at radius 1 is 1.07 bits per heavy atom. The summed E-state index contributed by atoms with van der Waals surface area (Å²) >= 11 is 3.27. The molecule has 7 nitrogen and oxygen atoms in total. The first-order valence-corrected chi connectivity index (χ1v) is 10.2. The summed E-state index contributed by atoms with van der Waals surface area (Å²) in [4.78, 5) is 12.4. The van der Waals surface area contributed by atoms with Crippen molar-refractivity contribution in [3.05, 3.63) is 45.9 Å². The standard InChI is InChI=1S/C21H25BrN2O5/c1-4-9-29-17-8-7-15(12-18(17)27-5-2)21(26)24-23-13-14-10-16(22)20(25)19(11-14)28-6-3/h7-8,10-13,25H,4-6,9H2,1-3H3,(H,24,26)/b23-13+. The number of hydrogen-bond acceptors (Lipinski definition) is 6. The molecule has 0 atom stereocenters. The second kappa shape index (κ2) is 11.3. The molecule has 0 aliphatic rings. The normalized spacial score (nSPS) is 10.8. The molecule has 0 bridgehead atoms. The van der Waals surface area contributed by atoms with Crippen LogP contribution in [0.15, 0.2) is 39.9 Å². The van der Waals surface area contributed by atoms with Crippen molar-refractivity contribution in [2.45, 2.75) is 27.2 Å². The molecule has 2 aromatic carbocycles. The third-order valence-electron chi connectivity index (χ3n) is 3.70. The highest BCUT2D eigenvalue weighted by molar-refractivity contribution is 9.10. The number of phenols is 1. The van der Waals surface area contributed by atoms with Gasteiger partial charge in [-0.05, 0) is 72.1 Å². The minimum absolute atomic E-state index is 0.0156. The lowest BCUT2D eigenvalue weighted by atomic mass is 10.2. The number of rotatable bonds is 10. The Morgan fingerprint density at radius 2 is 1.79 bits per heavy atom. The molecule has 8 heteroatoms. The Morgan fingerprint density at radius 3 is 2.48 bits per heavy atom. The van der Waals surface area contributed by atoms with E-state index in [-0.39, 0.29) is 11.7 Å². The van der Waals surface area contributed by atoms with Crippen LogP contribution in [0.2, 0.25) is 0 Å². The molecule has 0 aromatic heterocycles. The highest BCUT2D eigenvalue weighted by Gasteiger charge is 2.12. The summed E-state index contributed by atoms with van der Waals surface area (Å²) in [5.41, 5.74) is 3.53. The number of nitrogens with one attached hydrogen (secondary N) is 1. The van der Waals surface area contributed by atoms with Crippen LogP contribution in [0.1, 0.15) is 43.1 Å². The van der Waals surface area contributed by atoms with E-state index in [9.17, 15) is 9.90 Å². The van der Waals surface area contributed by atoms with Gasteiger partial charge in [0.2, 0.25) is 0 Å². The monoisotopic (exact) mass is 464 g/mol. The van der Waals surface area contributed by atoms with E-state index >= 15 is 0 Å². The summed E-state index contributed by atoms with van der Waals surface area (Å²) in [6, 6.07) is 8.30. The Bertz CT molecular complexity index is 870. The van der Waals surface area contributed by atoms with E-state index in [2.05, 4.69) is 26.5 Å². The minimum Gasteiger partial charge on any atom is -0.503 e. The van der Waals surface area contributed by atoms with Crippen LogP contribution in [0.4, 0.5) is 0 Å². The van der Waals surface area contributed by atoms with E-state index in [1.807, 2.05) is 20.8 Å². The highest BCUT2D eigenvalue weighted by atomic mass is 79.9. The van der Waals surface area contributed by atoms with Gasteiger partial charge in [0, 0.05) is 5.56 Å². The maximum absolute atomic E-state index is 12.4. The van der Waals surface area contributed by atoms with Crippen LogP contribution in [0.3, 0.4) is 0 Å². The fraction of sp³-hybridized carbons (Fsp3) is 0.333. The molecule has 0 radical (unpaired) electrons. The maximum Gasteiger partial charge on any atom is 0.271 e. The Balaban J connectivity index is 2.11. The second-order valence-corrected chi connectivity index (χ2v) is 6.78. The molecule has 0 aliphatic heterocycles. The lowest BCUT2D eigenvalue weighted by Crippen LogP contribution is -2.17. The van der Waals surface area contributed by atoms with Crippen molar-refractivity contribution in [1.29, 1.82) is 0 Å². The molecule has 0 fully saturated rings. The van der Waals surface area contributed by atoms with Crippen molar-refractivity contribution >= 4 is 28.1 Å². The number of phenolic OH excluding ortho intramolecular Hbond substituents is 1. The summed E-state index contributed by atoms with van der Waals surface area (Å²) < 4.78 is 17.1. The molecule has 0 heterocycles. The quantitative estimate of drug-likeness (QED) is 0.398. The molecular weight excluding hydrogens is 440 g/mol. The topological polar surface area (TPSA) is 89.4 Å². The lowest BCUT2D eigenvalue weighted by molar-refractivity contribution is 0.0954. The fourth-order valence-electron chi connectivity index (χ4n) is 2.41. The molecule has 2 aromatic rings. The van der Waals surface area contributed by atoms with E-state index in [1.54, 1.807) is 30.3 Å². The molecule has 1 amide bonds. The largest absolute Gasteiger partial charge is 0.503 e. The van der Waals surface area contributed by atoms with E-state index in [4.69, 9.17) is 14.2 Å². The van der Waals surface area contributed by atoms with Crippen LogP contribution >= 0.6 is 15.9 Å².